The number of aromatic hydroxyl groups is 1. The second kappa shape index (κ2) is 5.38. The fourth-order valence-electron chi connectivity index (χ4n) is 2.79. The van der Waals surface area contributed by atoms with Crippen LogP contribution < -0.4 is 5.43 Å². The molecule has 0 saturated heterocycles. The van der Waals surface area contributed by atoms with E-state index >= 15 is 0 Å². The lowest BCUT2D eigenvalue weighted by Crippen LogP contribution is -1.96. The average Bonchev–Trinajstić information content (AvgIpc) is 3.08. The molecule has 2 heterocycles. The number of thiophene rings is 1. The zero-order valence-corrected chi connectivity index (χ0v) is 12.6. The zero-order chi connectivity index (χ0) is 14.9. The fraction of sp³-hybridized carbons (Fsp3) is 0.188. The van der Waals surface area contributed by atoms with Gasteiger partial charge in [0.2, 0.25) is 0 Å². The van der Waals surface area contributed by atoms with Crippen molar-refractivity contribution in [3.63, 3.8) is 0 Å². The Hall–Kier alpha value is -2.47. The van der Waals surface area contributed by atoms with E-state index in [-0.39, 0.29) is 5.75 Å². The molecule has 0 saturated carbocycles. The SMILES string of the molecule is Oc1cccc(/C=N\Nc2ncnc3sc4c(c23)CCC4)c1. The Labute approximate surface area is 131 Å². The molecule has 3 aromatic rings. The van der Waals surface area contributed by atoms with Crippen LogP contribution in [0.1, 0.15) is 22.4 Å². The highest BCUT2D eigenvalue weighted by molar-refractivity contribution is 7.19. The number of hydrazone groups is 1. The lowest BCUT2D eigenvalue weighted by Gasteiger charge is -2.02. The topological polar surface area (TPSA) is 70.4 Å². The maximum absolute atomic E-state index is 9.45. The largest absolute Gasteiger partial charge is 0.508 e. The Morgan fingerprint density at radius 3 is 3.14 bits per heavy atom. The predicted octanol–water partition coefficient (Wildman–Crippen LogP) is 3.33. The number of phenolic OH excluding ortho intramolecular Hbond substituents is 1. The summed E-state index contributed by atoms with van der Waals surface area (Å²) in [5.41, 5.74) is 5.21. The number of hydrogen-bond acceptors (Lipinski definition) is 6. The van der Waals surface area contributed by atoms with Crippen molar-refractivity contribution in [3.05, 3.63) is 46.6 Å². The van der Waals surface area contributed by atoms with Gasteiger partial charge < -0.3 is 5.11 Å². The van der Waals surface area contributed by atoms with Gasteiger partial charge in [0.15, 0.2) is 5.82 Å². The molecule has 2 N–H and O–H groups in total. The van der Waals surface area contributed by atoms with Crippen molar-refractivity contribution in [1.82, 2.24) is 9.97 Å². The van der Waals surface area contributed by atoms with Crippen molar-refractivity contribution < 1.29 is 5.11 Å². The minimum absolute atomic E-state index is 0.226. The highest BCUT2D eigenvalue weighted by Gasteiger charge is 2.20. The Morgan fingerprint density at radius 1 is 1.27 bits per heavy atom. The van der Waals surface area contributed by atoms with Crippen LogP contribution in [0.4, 0.5) is 5.82 Å². The lowest BCUT2D eigenvalue weighted by molar-refractivity contribution is 0.475. The summed E-state index contributed by atoms with van der Waals surface area (Å²) in [4.78, 5) is 11.1. The maximum atomic E-state index is 9.45. The van der Waals surface area contributed by atoms with E-state index in [4.69, 9.17) is 0 Å². The molecule has 0 fully saturated rings. The average molecular weight is 310 g/mol. The van der Waals surface area contributed by atoms with E-state index in [0.29, 0.717) is 0 Å². The third-order valence-corrected chi connectivity index (χ3v) is 4.96. The van der Waals surface area contributed by atoms with Crippen LogP contribution in [0, 0.1) is 0 Å². The highest BCUT2D eigenvalue weighted by Crippen LogP contribution is 2.38. The van der Waals surface area contributed by atoms with Gasteiger partial charge in [0, 0.05) is 4.88 Å². The van der Waals surface area contributed by atoms with Crippen LogP contribution in [0.3, 0.4) is 0 Å². The third kappa shape index (κ3) is 2.31. The van der Waals surface area contributed by atoms with E-state index in [1.54, 1.807) is 42.1 Å². The summed E-state index contributed by atoms with van der Waals surface area (Å²) in [6.45, 7) is 0. The number of phenols is 1. The molecule has 1 aromatic carbocycles. The monoisotopic (exact) mass is 310 g/mol. The molecular weight excluding hydrogens is 296 g/mol. The summed E-state index contributed by atoms with van der Waals surface area (Å²) in [7, 11) is 0. The quantitative estimate of drug-likeness (QED) is 0.575. The number of rotatable bonds is 3. The molecule has 6 heteroatoms. The Kier molecular flexibility index (Phi) is 3.23. The van der Waals surface area contributed by atoms with Gasteiger partial charge in [0.1, 0.15) is 16.9 Å². The molecule has 5 nitrogen and oxygen atoms in total. The van der Waals surface area contributed by atoms with Crippen LogP contribution in [-0.4, -0.2) is 21.3 Å². The molecule has 1 aliphatic rings. The summed E-state index contributed by atoms with van der Waals surface area (Å²) in [5.74, 6) is 0.977. The van der Waals surface area contributed by atoms with Crippen molar-refractivity contribution in [3.8, 4) is 5.75 Å². The minimum Gasteiger partial charge on any atom is -0.508 e. The predicted molar refractivity (Wildman–Crippen MR) is 88.8 cm³/mol. The molecule has 2 aromatic heterocycles. The van der Waals surface area contributed by atoms with Crippen LogP contribution in [0.2, 0.25) is 0 Å². The molecule has 0 bridgehead atoms. The third-order valence-electron chi connectivity index (χ3n) is 3.76. The van der Waals surface area contributed by atoms with Gasteiger partial charge in [-0.25, -0.2) is 9.97 Å². The molecule has 0 spiro atoms. The first-order chi connectivity index (χ1) is 10.8. The number of aryl methyl sites for hydroxylation is 2. The number of nitrogens with one attached hydrogen (secondary N) is 1. The molecule has 0 amide bonds. The summed E-state index contributed by atoms with van der Waals surface area (Å²) >= 11 is 1.76. The fourth-order valence-corrected chi connectivity index (χ4v) is 4.02. The highest BCUT2D eigenvalue weighted by atomic mass is 32.1. The Balaban J connectivity index is 1.64. The van der Waals surface area contributed by atoms with E-state index in [1.807, 2.05) is 6.07 Å². The molecule has 0 atom stereocenters. The molecule has 22 heavy (non-hydrogen) atoms. The number of aromatic nitrogens is 2. The second-order valence-corrected chi connectivity index (χ2v) is 6.31. The van der Waals surface area contributed by atoms with Crippen LogP contribution in [0.15, 0.2) is 35.7 Å². The normalized spacial score (nSPS) is 13.8. The maximum Gasteiger partial charge on any atom is 0.158 e. The van der Waals surface area contributed by atoms with Crippen molar-refractivity contribution in [2.75, 3.05) is 5.43 Å². The van der Waals surface area contributed by atoms with Gasteiger partial charge >= 0.3 is 0 Å². The number of benzene rings is 1. The van der Waals surface area contributed by atoms with Gasteiger partial charge in [0.05, 0.1) is 11.6 Å². The summed E-state index contributed by atoms with van der Waals surface area (Å²) in [6, 6.07) is 6.95. The first-order valence-electron chi connectivity index (χ1n) is 7.14. The van der Waals surface area contributed by atoms with Crippen molar-refractivity contribution in [2.24, 2.45) is 5.10 Å². The number of anilines is 1. The first-order valence-corrected chi connectivity index (χ1v) is 7.96. The molecule has 0 aliphatic heterocycles. The van der Waals surface area contributed by atoms with E-state index in [0.717, 1.165) is 34.4 Å². The van der Waals surface area contributed by atoms with Gasteiger partial charge in [-0.3, -0.25) is 5.43 Å². The molecular formula is C16H14N4OS. The summed E-state index contributed by atoms with van der Waals surface area (Å²) in [6.07, 6.45) is 6.68. The smallest absolute Gasteiger partial charge is 0.158 e. The van der Waals surface area contributed by atoms with Gasteiger partial charge in [-0.05, 0) is 42.5 Å². The summed E-state index contributed by atoms with van der Waals surface area (Å²) < 4.78 is 0. The number of fused-ring (bicyclic) bond motifs is 3. The van der Waals surface area contributed by atoms with Gasteiger partial charge in [-0.15, -0.1) is 11.3 Å². The lowest BCUT2D eigenvalue weighted by atomic mass is 10.2. The molecule has 4 rings (SSSR count). The van der Waals surface area contributed by atoms with E-state index in [9.17, 15) is 5.11 Å². The Bertz CT molecular complexity index is 872. The van der Waals surface area contributed by atoms with Crippen LogP contribution in [-0.2, 0) is 12.8 Å². The van der Waals surface area contributed by atoms with Gasteiger partial charge in [-0.2, -0.15) is 5.10 Å². The first kappa shape index (κ1) is 13.2. The molecule has 0 radical (unpaired) electrons. The Morgan fingerprint density at radius 2 is 2.23 bits per heavy atom. The van der Waals surface area contributed by atoms with Crippen LogP contribution >= 0.6 is 11.3 Å². The van der Waals surface area contributed by atoms with Crippen molar-refractivity contribution >= 4 is 33.6 Å². The van der Waals surface area contributed by atoms with Crippen LogP contribution in [0.25, 0.3) is 10.2 Å². The van der Waals surface area contributed by atoms with Gasteiger partial charge in [-0.1, -0.05) is 12.1 Å². The van der Waals surface area contributed by atoms with Gasteiger partial charge in [0.25, 0.3) is 0 Å². The van der Waals surface area contributed by atoms with E-state index < -0.39 is 0 Å². The number of hydrogen-bond donors (Lipinski definition) is 2. The van der Waals surface area contributed by atoms with E-state index in [1.165, 1.54) is 16.9 Å². The minimum atomic E-state index is 0.226. The number of nitrogens with zero attached hydrogens (tertiary/aromatic N) is 3. The van der Waals surface area contributed by atoms with Crippen molar-refractivity contribution in [1.29, 1.82) is 0 Å². The molecule has 1 aliphatic carbocycles. The second-order valence-electron chi connectivity index (χ2n) is 5.22. The zero-order valence-electron chi connectivity index (χ0n) is 11.8. The summed E-state index contributed by atoms with van der Waals surface area (Å²) in [5, 5.41) is 14.8. The molecule has 110 valence electrons. The van der Waals surface area contributed by atoms with E-state index in [2.05, 4.69) is 20.5 Å². The molecule has 0 unspecified atom stereocenters. The standard InChI is InChI=1S/C16H14N4OS/c21-11-4-1-3-10(7-11)8-19-20-15-14-12-5-2-6-13(12)22-16(14)18-9-17-15/h1,3-4,7-9,21H,2,5-6H2,(H,17,18,20)/b19-8-. The van der Waals surface area contributed by atoms with Crippen molar-refractivity contribution in [2.45, 2.75) is 19.3 Å². The van der Waals surface area contributed by atoms with Crippen LogP contribution in [0.5, 0.6) is 5.75 Å².